The maximum atomic E-state index is 9.92. The van der Waals surface area contributed by atoms with Crippen molar-refractivity contribution < 1.29 is 14.9 Å². The highest BCUT2D eigenvalue weighted by Gasteiger charge is 2.25. The fourth-order valence-corrected chi connectivity index (χ4v) is 6.13. The van der Waals surface area contributed by atoms with Crippen molar-refractivity contribution in [3.8, 4) is 11.5 Å². The summed E-state index contributed by atoms with van der Waals surface area (Å²) in [7, 11) is 3.91. The fraction of sp³-hybridized carbons (Fsp3) is 0.438. The van der Waals surface area contributed by atoms with Crippen LogP contribution in [-0.2, 0) is 12.8 Å². The summed E-state index contributed by atoms with van der Waals surface area (Å²) in [6.45, 7) is 2.44. The number of nitrogens with one attached hydrogen (secondary N) is 1. The first-order valence-corrected chi connectivity index (χ1v) is 13.7. The molecule has 0 amide bonds. The van der Waals surface area contributed by atoms with Crippen molar-refractivity contribution in [3.05, 3.63) is 88.5 Å². The summed E-state index contributed by atoms with van der Waals surface area (Å²) in [5.41, 5.74) is 7.54. The third-order valence-electron chi connectivity index (χ3n) is 8.39. The number of methoxy groups -OCH3 is 1. The zero-order valence-electron chi connectivity index (χ0n) is 22.1. The highest BCUT2D eigenvalue weighted by atomic mass is 16.5. The smallest absolute Gasteiger partial charge is 0.120 e. The Labute approximate surface area is 221 Å². The van der Waals surface area contributed by atoms with E-state index < -0.39 is 0 Å². The molecule has 1 unspecified atom stereocenters. The lowest BCUT2D eigenvalue weighted by atomic mass is 9.79. The van der Waals surface area contributed by atoms with Crippen molar-refractivity contribution in [3.63, 3.8) is 0 Å². The summed E-state index contributed by atoms with van der Waals surface area (Å²) in [5, 5.41) is 23.6. The Kier molecular flexibility index (Phi) is 8.02. The maximum absolute atomic E-state index is 9.92. The lowest BCUT2D eigenvalue weighted by Crippen LogP contribution is -2.29. The number of anilines is 1. The van der Waals surface area contributed by atoms with E-state index in [1.54, 1.807) is 13.2 Å². The van der Waals surface area contributed by atoms with Gasteiger partial charge in [-0.2, -0.15) is 0 Å². The molecule has 0 radical (unpaired) electrons. The molecule has 0 bridgehead atoms. The van der Waals surface area contributed by atoms with Crippen LogP contribution in [0.4, 0.5) is 5.69 Å². The molecule has 0 spiro atoms. The molecule has 1 aliphatic carbocycles. The van der Waals surface area contributed by atoms with Crippen LogP contribution in [0.3, 0.4) is 0 Å². The van der Waals surface area contributed by atoms with E-state index in [0.717, 1.165) is 43.8 Å². The van der Waals surface area contributed by atoms with Crippen LogP contribution in [0, 0.1) is 0 Å². The van der Waals surface area contributed by atoms with Crippen LogP contribution in [0.5, 0.6) is 11.5 Å². The number of hydrogen-bond acceptors (Lipinski definition) is 5. The van der Waals surface area contributed by atoms with Gasteiger partial charge in [-0.25, -0.2) is 0 Å². The average molecular weight is 501 g/mol. The Morgan fingerprint density at radius 3 is 2.46 bits per heavy atom. The third kappa shape index (κ3) is 5.94. The number of piperidine rings is 1. The molecule has 5 heteroatoms. The molecule has 0 saturated carbocycles. The molecule has 5 nitrogen and oxygen atoms in total. The van der Waals surface area contributed by atoms with Crippen LogP contribution >= 0.6 is 0 Å². The predicted octanol–water partition coefficient (Wildman–Crippen LogP) is 6.02. The summed E-state index contributed by atoms with van der Waals surface area (Å²) in [4.78, 5) is 2.41. The summed E-state index contributed by atoms with van der Waals surface area (Å²) < 4.78 is 5.58. The van der Waals surface area contributed by atoms with Crippen LogP contribution in [0.1, 0.15) is 71.4 Å². The lowest BCUT2D eigenvalue weighted by molar-refractivity contribution is 0.255. The Morgan fingerprint density at radius 1 is 0.946 bits per heavy atom. The van der Waals surface area contributed by atoms with Crippen molar-refractivity contribution in [2.24, 2.45) is 0 Å². The van der Waals surface area contributed by atoms with Crippen molar-refractivity contribution in [1.82, 2.24) is 4.90 Å². The number of nitrogens with zero attached hydrogens (tertiary/aromatic N) is 1. The number of phenolic OH excluding ortho intramolecular Hbond substituents is 1. The van der Waals surface area contributed by atoms with Gasteiger partial charge in [0.25, 0.3) is 0 Å². The Balaban J connectivity index is 1.38. The molecule has 1 heterocycles. The SMILES string of the molecule is COc1ccc(C2CCc3cc(O)ccc3C2)c(N[C@@H](CCO)c2ccc(C3CCN(C)CC3)cc2)c1. The molecule has 1 aliphatic heterocycles. The van der Waals surface area contributed by atoms with Crippen molar-refractivity contribution in [2.75, 3.05) is 39.2 Å². The van der Waals surface area contributed by atoms with Gasteiger partial charge in [-0.15, -0.1) is 0 Å². The standard InChI is InChI=1S/C32H40N2O3/c1-34-16-13-23(14-17-34)22-3-5-24(6-4-22)31(15-18-35)33-32-21-29(37-2)11-12-30(32)27-8-7-26-20-28(36)10-9-25(26)19-27/h3-6,9-12,20-21,23,27,31,33,35-36H,7-8,13-19H2,1-2H3/t27?,31-/m0/s1. The number of hydrogen-bond donors (Lipinski definition) is 3. The maximum Gasteiger partial charge on any atom is 0.120 e. The monoisotopic (exact) mass is 500 g/mol. The predicted molar refractivity (Wildman–Crippen MR) is 150 cm³/mol. The highest BCUT2D eigenvalue weighted by molar-refractivity contribution is 5.59. The molecule has 2 aliphatic rings. The van der Waals surface area contributed by atoms with Gasteiger partial charge in [0, 0.05) is 18.4 Å². The largest absolute Gasteiger partial charge is 0.508 e. The van der Waals surface area contributed by atoms with Gasteiger partial charge in [-0.05, 0) is 117 Å². The second kappa shape index (κ2) is 11.6. The molecule has 3 aromatic carbocycles. The van der Waals surface area contributed by atoms with E-state index in [1.165, 1.54) is 40.7 Å². The van der Waals surface area contributed by atoms with Gasteiger partial charge in [0.2, 0.25) is 0 Å². The first-order chi connectivity index (χ1) is 18.0. The minimum Gasteiger partial charge on any atom is -0.508 e. The molecule has 37 heavy (non-hydrogen) atoms. The quantitative estimate of drug-likeness (QED) is 0.353. The lowest BCUT2D eigenvalue weighted by Gasteiger charge is -2.30. The molecule has 196 valence electrons. The number of fused-ring (bicyclic) bond motifs is 1. The van der Waals surface area contributed by atoms with Gasteiger partial charge in [0.05, 0.1) is 13.2 Å². The molecular formula is C32H40N2O3. The molecule has 3 aromatic rings. The van der Waals surface area contributed by atoms with E-state index in [9.17, 15) is 10.2 Å². The molecule has 3 N–H and O–H groups in total. The molecule has 2 atom stereocenters. The van der Waals surface area contributed by atoms with Gasteiger partial charge >= 0.3 is 0 Å². The molecule has 1 fully saturated rings. The van der Waals surface area contributed by atoms with E-state index in [2.05, 4.69) is 59.7 Å². The van der Waals surface area contributed by atoms with Gasteiger partial charge < -0.3 is 25.2 Å². The molecule has 0 aromatic heterocycles. The van der Waals surface area contributed by atoms with Crippen molar-refractivity contribution in [2.45, 2.75) is 56.4 Å². The zero-order valence-corrected chi connectivity index (χ0v) is 22.1. The number of ether oxygens (including phenoxy) is 1. The first kappa shape index (κ1) is 25.6. The van der Waals surface area contributed by atoms with E-state index in [0.29, 0.717) is 24.0 Å². The second-order valence-electron chi connectivity index (χ2n) is 10.8. The number of aryl methyl sites for hydroxylation is 1. The van der Waals surface area contributed by atoms with Crippen LogP contribution in [-0.4, -0.2) is 49.0 Å². The fourth-order valence-electron chi connectivity index (χ4n) is 6.13. The van der Waals surface area contributed by atoms with Crippen molar-refractivity contribution in [1.29, 1.82) is 0 Å². The number of benzene rings is 3. The van der Waals surface area contributed by atoms with Gasteiger partial charge in [-0.3, -0.25) is 0 Å². The third-order valence-corrected chi connectivity index (χ3v) is 8.39. The van der Waals surface area contributed by atoms with Crippen LogP contribution < -0.4 is 10.1 Å². The number of aromatic hydroxyl groups is 1. The average Bonchev–Trinajstić information content (AvgIpc) is 2.93. The number of rotatable bonds is 8. The number of aliphatic hydroxyl groups excluding tert-OH is 1. The summed E-state index contributed by atoms with van der Waals surface area (Å²) >= 11 is 0. The van der Waals surface area contributed by atoms with Gasteiger partial charge in [-0.1, -0.05) is 36.4 Å². The number of likely N-dealkylation sites (tertiary alicyclic amines) is 1. The first-order valence-electron chi connectivity index (χ1n) is 13.7. The Morgan fingerprint density at radius 2 is 1.73 bits per heavy atom. The van der Waals surface area contributed by atoms with E-state index in [-0.39, 0.29) is 12.6 Å². The molecule has 5 rings (SSSR count). The highest BCUT2D eigenvalue weighted by Crippen LogP contribution is 2.40. The van der Waals surface area contributed by atoms with Crippen LogP contribution in [0.15, 0.2) is 60.7 Å². The Hall–Kier alpha value is -3.02. The minimum absolute atomic E-state index is 0.00946. The summed E-state index contributed by atoms with van der Waals surface area (Å²) in [6.07, 6.45) is 6.01. The normalized spacial score (nSPS) is 19.3. The van der Waals surface area contributed by atoms with Gasteiger partial charge in [0.1, 0.15) is 11.5 Å². The van der Waals surface area contributed by atoms with Crippen molar-refractivity contribution >= 4 is 5.69 Å². The van der Waals surface area contributed by atoms with E-state index in [1.807, 2.05) is 12.1 Å². The second-order valence-corrected chi connectivity index (χ2v) is 10.8. The van der Waals surface area contributed by atoms with Gasteiger partial charge in [0.15, 0.2) is 0 Å². The van der Waals surface area contributed by atoms with E-state index >= 15 is 0 Å². The van der Waals surface area contributed by atoms with Crippen LogP contribution in [0.2, 0.25) is 0 Å². The number of phenols is 1. The minimum atomic E-state index is 0.00946. The summed E-state index contributed by atoms with van der Waals surface area (Å²) in [6, 6.07) is 21.2. The topological polar surface area (TPSA) is 65.0 Å². The number of aliphatic hydroxyl groups is 1. The Bertz CT molecular complexity index is 1190. The van der Waals surface area contributed by atoms with E-state index in [4.69, 9.17) is 4.74 Å². The zero-order chi connectivity index (χ0) is 25.8. The molecule has 1 saturated heterocycles. The molecular weight excluding hydrogens is 460 g/mol. The summed E-state index contributed by atoms with van der Waals surface area (Å²) in [5.74, 6) is 2.19. The van der Waals surface area contributed by atoms with Crippen LogP contribution in [0.25, 0.3) is 0 Å².